The molecule has 1 unspecified atom stereocenters. The Kier molecular flexibility index (Phi) is 4.87. The number of hydrogen-bond donors (Lipinski definition) is 0. The summed E-state index contributed by atoms with van der Waals surface area (Å²) in [4.78, 5) is 0. The lowest BCUT2D eigenvalue weighted by Gasteiger charge is -2.21. The second kappa shape index (κ2) is 6.25. The van der Waals surface area contributed by atoms with Gasteiger partial charge in [0.1, 0.15) is 0 Å². The lowest BCUT2D eigenvalue weighted by molar-refractivity contribution is 0.422. The standard InChI is InChI=1S/C14H20ClNO2S/c1-12(10-15)11-19(17,18)16-8-6-13-4-2-3-5-14(13)7-9-16/h2-5,12H,6-11H2,1H3. The van der Waals surface area contributed by atoms with E-state index in [1.54, 1.807) is 4.31 Å². The van der Waals surface area contributed by atoms with E-state index >= 15 is 0 Å². The lowest BCUT2D eigenvalue weighted by Crippen LogP contribution is -2.37. The number of fused-ring (bicyclic) bond motifs is 1. The highest BCUT2D eigenvalue weighted by atomic mass is 35.5. The van der Waals surface area contributed by atoms with Gasteiger partial charge in [-0.15, -0.1) is 11.6 Å². The SMILES string of the molecule is CC(CCl)CS(=O)(=O)N1CCc2ccccc2CC1. The Morgan fingerprint density at radius 2 is 1.74 bits per heavy atom. The van der Waals surface area contributed by atoms with Crippen LogP contribution in [0.5, 0.6) is 0 Å². The van der Waals surface area contributed by atoms with Gasteiger partial charge in [-0.05, 0) is 29.9 Å². The van der Waals surface area contributed by atoms with Crippen molar-refractivity contribution in [3.8, 4) is 0 Å². The van der Waals surface area contributed by atoms with E-state index in [1.165, 1.54) is 11.1 Å². The molecule has 1 aromatic carbocycles. The maximum Gasteiger partial charge on any atom is 0.214 e. The van der Waals surface area contributed by atoms with Gasteiger partial charge in [0.05, 0.1) is 5.75 Å². The summed E-state index contributed by atoms with van der Waals surface area (Å²) in [7, 11) is -3.19. The van der Waals surface area contributed by atoms with Crippen LogP contribution in [-0.4, -0.2) is 37.4 Å². The van der Waals surface area contributed by atoms with Crippen LogP contribution in [0.25, 0.3) is 0 Å². The summed E-state index contributed by atoms with van der Waals surface area (Å²) in [6.07, 6.45) is 1.59. The van der Waals surface area contributed by atoms with Gasteiger partial charge < -0.3 is 0 Å². The Morgan fingerprint density at radius 1 is 1.21 bits per heavy atom. The average Bonchev–Trinajstić information content (AvgIpc) is 2.61. The van der Waals surface area contributed by atoms with Gasteiger partial charge in [0, 0.05) is 19.0 Å². The molecule has 1 aliphatic heterocycles. The van der Waals surface area contributed by atoms with Crippen molar-refractivity contribution in [1.82, 2.24) is 4.31 Å². The summed E-state index contributed by atoms with van der Waals surface area (Å²) in [6, 6.07) is 8.21. The van der Waals surface area contributed by atoms with E-state index in [0.29, 0.717) is 19.0 Å². The molecule has 0 N–H and O–H groups in total. The zero-order valence-electron chi connectivity index (χ0n) is 11.2. The van der Waals surface area contributed by atoms with E-state index in [4.69, 9.17) is 11.6 Å². The lowest BCUT2D eigenvalue weighted by atomic mass is 10.0. The third kappa shape index (κ3) is 3.71. The first kappa shape index (κ1) is 14.8. The third-order valence-corrected chi connectivity index (χ3v) is 6.20. The highest BCUT2D eigenvalue weighted by molar-refractivity contribution is 7.89. The van der Waals surface area contributed by atoms with Crippen LogP contribution < -0.4 is 0 Å². The van der Waals surface area contributed by atoms with E-state index < -0.39 is 10.0 Å². The van der Waals surface area contributed by atoms with Crippen molar-refractivity contribution in [2.75, 3.05) is 24.7 Å². The number of alkyl halides is 1. The largest absolute Gasteiger partial charge is 0.214 e. The van der Waals surface area contributed by atoms with E-state index in [2.05, 4.69) is 12.1 Å². The van der Waals surface area contributed by atoms with Crippen molar-refractivity contribution in [3.05, 3.63) is 35.4 Å². The molecule has 19 heavy (non-hydrogen) atoms. The third-order valence-electron chi connectivity index (χ3n) is 3.53. The maximum absolute atomic E-state index is 12.3. The maximum atomic E-state index is 12.3. The normalized spacial score (nSPS) is 18.6. The first-order chi connectivity index (χ1) is 9.03. The molecule has 0 fully saturated rings. The molecule has 0 bridgehead atoms. The Bertz CT molecular complexity index is 503. The molecule has 0 saturated carbocycles. The van der Waals surface area contributed by atoms with Crippen molar-refractivity contribution < 1.29 is 8.42 Å². The second-order valence-corrected chi connectivity index (χ2v) is 7.53. The van der Waals surface area contributed by atoms with Crippen molar-refractivity contribution in [2.24, 2.45) is 5.92 Å². The van der Waals surface area contributed by atoms with Gasteiger partial charge in [-0.2, -0.15) is 0 Å². The first-order valence-corrected chi connectivity index (χ1v) is 8.78. The molecule has 0 saturated heterocycles. The Morgan fingerprint density at radius 3 is 2.21 bits per heavy atom. The Hall–Kier alpha value is -0.580. The van der Waals surface area contributed by atoms with E-state index in [9.17, 15) is 8.42 Å². The van der Waals surface area contributed by atoms with Crippen molar-refractivity contribution >= 4 is 21.6 Å². The summed E-state index contributed by atoms with van der Waals surface area (Å²) < 4.78 is 26.3. The molecular weight excluding hydrogens is 282 g/mol. The molecule has 3 nitrogen and oxygen atoms in total. The molecule has 0 amide bonds. The molecule has 0 spiro atoms. The highest BCUT2D eigenvalue weighted by Crippen LogP contribution is 2.18. The molecule has 0 aliphatic carbocycles. The number of benzene rings is 1. The van der Waals surface area contributed by atoms with Crippen LogP contribution in [0.15, 0.2) is 24.3 Å². The van der Waals surface area contributed by atoms with Crippen LogP contribution >= 0.6 is 11.6 Å². The summed E-state index contributed by atoms with van der Waals surface area (Å²) in [5.41, 5.74) is 2.54. The van der Waals surface area contributed by atoms with Gasteiger partial charge in [0.15, 0.2) is 0 Å². The first-order valence-electron chi connectivity index (χ1n) is 6.63. The predicted octanol–water partition coefficient (Wildman–Crippen LogP) is 2.29. The fourth-order valence-corrected chi connectivity index (χ4v) is 4.46. The van der Waals surface area contributed by atoms with Crippen molar-refractivity contribution in [3.63, 3.8) is 0 Å². The summed E-state index contributed by atoms with van der Waals surface area (Å²) >= 11 is 5.72. The van der Waals surface area contributed by atoms with Crippen molar-refractivity contribution in [1.29, 1.82) is 0 Å². The van der Waals surface area contributed by atoms with Crippen LogP contribution in [0.2, 0.25) is 0 Å². The number of nitrogens with zero attached hydrogens (tertiary/aromatic N) is 1. The smallest absolute Gasteiger partial charge is 0.212 e. The van der Waals surface area contributed by atoms with E-state index in [0.717, 1.165) is 12.8 Å². The molecule has 1 heterocycles. The molecule has 106 valence electrons. The molecule has 0 aromatic heterocycles. The molecule has 5 heteroatoms. The molecule has 1 aliphatic rings. The van der Waals surface area contributed by atoms with Crippen molar-refractivity contribution in [2.45, 2.75) is 19.8 Å². The monoisotopic (exact) mass is 301 g/mol. The fourth-order valence-electron chi connectivity index (χ4n) is 2.44. The van der Waals surface area contributed by atoms with Gasteiger partial charge in [-0.3, -0.25) is 0 Å². The average molecular weight is 302 g/mol. The second-order valence-electron chi connectivity index (χ2n) is 5.21. The quantitative estimate of drug-likeness (QED) is 0.800. The number of sulfonamides is 1. The Labute approximate surface area is 120 Å². The Balaban J connectivity index is 2.09. The summed E-state index contributed by atoms with van der Waals surface area (Å²) in [6.45, 7) is 3.03. The van der Waals surface area contributed by atoms with Gasteiger partial charge in [-0.25, -0.2) is 12.7 Å². The van der Waals surface area contributed by atoms with E-state index in [-0.39, 0.29) is 11.7 Å². The zero-order valence-corrected chi connectivity index (χ0v) is 12.8. The van der Waals surface area contributed by atoms with Crippen LogP contribution in [-0.2, 0) is 22.9 Å². The minimum Gasteiger partial charge on any atom is -0.212 e. The highest BCUT2D eigenvalue weighted by Gasteiger charge is 2.26. The van der Waals surface area contributed by atoms with Crippen LogP contribution in [0, 0.1) is 5.92 Å². The van der Waals surface area contributed by atoms with E-state index in [1.807, 2.05) is 19.1 Å². The van der Waals surface area contributed by atoms with Gasteiger partial charge >= 0.3 is 0 Å². The predicted molar refractivity (Wildman–Crippen MR) is 79.1 cm³/mol. The molecule has 0 radical (unpaired) electrons. The molecule has 1 aromatic rings. The number of hydrogen-bond acceptors (Lipinski definition) is 2. The van der Waals surface area contributed by atoms with Gasteiger partial charge in [0.2, 0.25) is 10.0 Å². The molecule has 2 rings (SSSR count). The van der Waals surface area contributed by atoms with Gasteiger partial charge in [0.25, 0.3) is 0 Å². The number of rotatable bonds is 4. The van der Waals surface area contributed by atoms with Gasteiger partial charge in [-0.1, -0.05) is 31.2 Å². The van der Waals surface area contributed by atoms with Crippen LogP contribution in [0.3, 0.4) is 0 Å². The molecule has 1 atom stereocenters. The fraction of sp³-hybridized carbons (Fsp3) is 0.571. The minimum atomic E-state index is -3.19. The van der Waals surface area contributed by atoms with Crippen LogP contribution in [0.4, 0.5) is 0 Å². The molecular formula is C14H20ClNO2S. The topological polar surface area (TPSA) is 37.4 Å². The summed E-state index contributed by atoms with van der Waals surface area (Å²) in [5, 5.41) is 0. The zero-order chi connectivity index (χ0) is 13.9. The number of halogens is 1. The minimum absolute atomic E-state index is 0.00250. The summed E-state index contributed by atoms with van der Waals surface area (Å²) in [5.74, 6) is 0.525. The van der Waals surface area contributed by atoms with Crippen LogP contribution in [0.1, 0.15) is 18.1 Å².